The van der Waals surface area contributed by atoms with E-state index in [0.717, 1.165) is 27.4 Å². The molecule has 6 nitrogen and oxygen atoms in total. The van der Waals surface area contributed by atoms with Crippen molar-refractivity contribution in [2.24, 2.45) is 0 Å². The second kappa shape index (κ2) is 6.53. The van der Waals surface area contributed by atoms with Gasteiger partial charge < -0.3 is 15.0 Å². The maximum absolute atomic E-state index is 10.8. The Morgan fingerprint density at radius 1 is 1.04 bits per heavy atom. The molecule has 0 fully saturated rings. The molecule has 7 heteroatoms. The number of carbonyl (C=O) groups excluding carboxylic acids is 2. The molecule has 0 aliphatic rings. The fourth-order valence-electron chi connectivity index (χ4n) is 2.36. The maximum atomic E-state index is 10.8. The van der Waals surface area contributed by atoms with E-state index in [1.807, 2.05) is 47.2 Å². The minimum Gasteiger partial charge on any atom is -0.328 e. The molecule has 0 aliphatic carbocycles. The quantitative estimate of drug-likeness (QED) is 0.539. The van der Waals surface area contributed by atoms with Gasteiger partial charge in [-0.25, -0.2) is 4.98 Å². The molecule has 2 heterocycles. The first-order chi connectivity index (χ1) is 11.2. The van der Waals surface area contributed by atoms with E-state index in [0.29, 0.717) is 18.6 Å². The highest BCUT2D eigenvalue weighted by Crippen LogP contribution is 2.30. The van der Waals surface area contributed by atoms with Crippen molar-refractivity contribution in [2.75, 3.05) is 16.9 Å². The van der Waals surface area contributed by atoms with E-state index >= 15 is 0 Å². The topological polar surface area (TPSA) is 75.5 Å². The van der Waals surface area contributed by atoms with Crippen LogP contribution in [0.3, 0.4) is 0 Å². The molecule has 0 radical (unpaired) electrons. The third-order valence-electron chi connectivity index (χ3n) is 3.41. The molecule has 0 bridgehead atoms. The van der Waals surface area contributed by atoms with Crippen LogP contribution in [0, 0.1) is 0 Å². The summed E-state index contributed by atoms with van der Waals surface area (Å²) in [6, 6.07) is 9.74. The van der Waals surface area contributed by atoms with Crippen LogP contribution in [0.5, 0.6) is 0 Å². The molecule has 23 heavy (non-hydrogen) atoms. The number of thioether (sulfide) groups is 1. The summed E-state index contributed by atoms with van der Waals surface area (Å²) in [6.45, 7) is 0. The lowest BCUT2D eigenvalue weighted by Gasteiger charge is -2.09. The third kappa shape index (κ3) is 3.04. The molecule has 2 N–H and O–H groups in total. The van der Waals surface area contributed by atoms with Gasteiger partial charge in [-0.2, -0.15) is 0 Å². The highest BCUT2D eigenvalue weighted by Gasteiger charge is 2.07. The van der Waals surface area contributed by atoms with Crippen molar-refractivity contribution in [2.45, 2.75) is 4.90 Å². The first-order valence-corrected chi connectivity index (χ1v) is 8.05. The number of nitrogens with one attached hydrogen (secondary N) is 2. The van der Waals surface area contributed by atoms with Crippen LogP contribution in [-0.4, -0.2) is 28.5 Å². The molecule has 2 amide bonds. The zero-order chi connectivity index (χ0) is 16.2. The zero-order valence-corrected chi connectivity index (χ0v) is 13.1. The number of anilines is 2. The fourth-order valence-corrected chi connectivity index (χ4v) is 2.90. The van der Waals surface area contributed by atoms with Gasteiger partial charge >= 0.3 is 0 Å². The van der Waals surface area contributed by atoms with Gasteiger partial charge in [-0.15, -0.1) is 11.8 Å². The van der Waals surface area contributed by atoms with Crippen molar-refractivity contribution in [3.63, 3.8) is 0 Å². The standard InChI is InChI=1S/C16H14N4O2S/c1-23-14-4-2-11(6-13(14)17-9-21)12-3-5-16-19-15(18-10-22)8-20(16)7-12/h2-10H,1H3,(H,17,21)(H,18,22). The minimum atomic E-state index is 0.498. The van der Waals surface area contributed by atoms with Crippen LogP contribution in [0.2, 0.25) is 0 Å². The van der Waals surface area contributed by atoms with Gasteiger partial charge in [-0.1, -0.05) is 6.07 Å². The maximum Gasteiger partial charge on any atom is 0.212 e. The first kappa shape index (κ1) is 15.1. The molecule has 0 unspecified atom stereocenters. The molecule has 2 aromatic heterocycles. The molecule has 1 aromatic carbocycles. The Bertz CT molecular complexity index is 876. The van der Waals surface area contributed by atoms with Gasteiger partial charge in [-0.05, 0) is 41.6 Å². The number of aromatic nitrogens is 2. The van der Waals surface area contributed by atoms with Crippen molar-refractivity contribution in [1.82, 2.24) is 9.38 Å². The number of pyridine rings is 1. The number of hydrogen-bond donors (Lipinski definition) is 2. The predicted molar refractivity (Wildman–Crippen MR) is 91.8 cm³/mol. The second-order valence-electron chi connectivity index (χ2n) is 4.75. The van der Waals surface area contributed by atoms with Crippen molar-refractivity contribution >= 4 is 41.7 Å². The highest BCUT2D eigenvalue weighted by molar-refractivity contribution is 7.98. The summed E-state index contributed by atoms with van der Waals surface area (Å²) in [4.78, 5) is 26.5. The molecule has 0 aliphatic heterocycles. The number of rotatable bonds is 6. The summed E-state index contributed by atoms with van der Waals surface area (Å²) in [7, 11) is 0. The lowest BCUT2D eigenvalue weighted by atomic mass is 10.1. The average Bonchev–Trinajstić information content (AvgIpc) is 2.97. The van der Waals surface area contributed by atoms with E-state index in [4.69, 9.17) is 0 Å². The van der Waals surface area contributed by atoms with Gasteiger partial charge in [0.05, 0.1) is 11.9 Å². The summed E-state index contributed by atoms with van der Waals surface area (Å²) >= 11 is 1.57. The smallest absolute Gasteiger partial charge is 0.212 e. The lowest BCUT2D eigenvalue weighted by molar-refractivity contribution is -0.106. The average molecular weight is 326 g/mol. The van der Waals surface area contributed by atoms with Crippen molar-refractivity contribution in [1.29, 1.82) is 0 Å². The molecule has 0 spiro atoms. The molecule has 0 saturated carbocycles. The van der Waals surface area contributed by atoms with Gasteiger partial charge in [0.2, 0.25) is 12.8 Å². The number of amides is 2. The van der Waals surface area contributed by atoms with E-state index in [1.165, 1.54) is 0 Å². The van der Waals surface area contributed by atoms with E-state index in [2.05, 4.69) is 15.6 Å². The zero-order valence-electron chi connectivity index (χ0n) is 12.3. The second-order valence-corrected chi connectivity index (χ2v) is 5.60. The van der Waals surface area contributed by atoms with E-state index in [-0.39, 0.29) is 0 Å². The lowest BCUT2D eigenvalue weighted by Crippen LogP contribution is -1.96. The molecule has 3 aromatic rings. The van der Waals surface area contributed by atoms with Crippen molar-refractivity contribution in [3.05, 3.63) is 42.7 Å². The molecule has 116 valence electrons. The van der Waals surface area contributed by atoms with Crippen LogP contribution in [0.1, 0.15) is 0 Å². The van der Waals surface area contributed by atoms with Crippen LogP contribution in [0.25, 0.3) is 16.8 Å². The molecule has 0 saturated heterocycles. The Kier molecular flexibility index (Phi) is 4.29. The molecular weight excluding hydrogens is 312 g/mol. The number of nitrogens with zero attached hydrogens (tertiary/aromatic N) is 2. The highest BCUT2D eigenvalue weighted by atomic mass is 32.2. The van der Waals surface area contributed by atoms with Crippen molar-refractivity contribution < 1.29 is 9.59 Å². The molecule has 0 atom stereocenters. The Labute approximate surface area is 136 Å². The van der Waals surface area contributed by atoms with Gasteiger partial charge in [0.25, 0.3) is 0 Å². The van der Waals surface area contributed by atoms with Crippen LogP contribution in [0.15, 0.2) is 47.6 Å². The number of carbonyl (C=O) groups is 2. The van der Waals surface area contributed by atoms with Crippen molar-refractivity contribution in [3.8, 4) is 11.1 Å². The Balaban J connectivity index is 2.03. The summed E-state index contributed by atoms with van der Waals surface area (Å²) in [5.41, 5.74) is 3.48. The number of imidazole rings is 1. The van der Waals surface area contributed by atoms with Crippen LogP contribution >= 0.6 is 11.8 Å². The largest absolute Gasteiger partial charge is 0.328 e. The fraction of sp³-hybridized carbons (Fsp3) is 0.0625. The Morgan fingerprint density at radius 2 is 1.83 bits per heavy atom. The van der Waals surface area contributed by atoms with E-state index in [1.54, 1.807) is 18.0 Å². The predicted octanol–water partition coefficient (Wildman–Crippen LogP) is 2.86. The summed E-state index contributed by atoms with van der Waals surface area (Å²) in [6.07, 6.45) is 6.91. The SMILES string of the molecule is CSc1ccc(-c2ccc3nc(NC=O)cn3c2)cc1NC=O. The van der Waals surface area contributed by atoms with Gasteiger partial charge in [0, 0.05) is 11.1 Å². The number of fused-ring (bicyclic) bond motifs is 1. The van der Waals surface area contributed by atoms with Gasteiger partial charge in [0.15, 0.2) is 5.82 Å². The van der Waals surface area contributed by atoms with Crippen LogP contribution < -0.4 is 10.6 Å². The Hall–Kier alpha value is -2.80. The first-order valence-electron chi connectivity index (χ1n) is 6.82. The van der Waals surface area contributed by atoms with E-state index < -0.39 is 0 Å². The monoisotopic (exact) mass is 326 g/mol. The number of benzene rings is 1. The third-order valence-corrected chi connectivity index (χ3v) is 4.20. The van der Waals surface area contributed by atoms with E-state index in [9.17, 15) is 9.59 Å². The summed E-state index contributed by atoms with van der Waals surface area (Å²) < 4.78 is 1.84. The summed E-state index contributed by atoms with van der Waals surface area (Å²) in [5.74, 6) is 0.498. The van der Waals surface area contributed by atoms with Crippen LogP contribution in [0.4, 0.5) is 11.5 Å². The Morgan fingerprint density at radius 3 is 2.57 bits per heavy atom. The van der Waals surface area contributed by atoms with Crippen LogP contribution in [-0.2, 0) is 9.59 Å². The summed E-state index contributed by atoms with van der Waals surface area (Å²) in [5, 5.41) is 5.26. The molecule has 3 rings (SSSR count). The minimum absolute atomic E-state index is 0.498. The van der Waals surface area contributed by atoms with Gasteiger partial charge in [-0.3, -0.25) is 9.59 Å². The van der Waals surface area contributed by atoms with Gasteiger partial charge in [0.1, 0.15) is 5.65 Å². The normalized spacial score (nSPS) is 10.5. The number of hydrogen-bond acceptors (Lipinski definition) is 4. The molecular formula is C16H14N4O2S.